The van der Waals surface area contributed by atoms with Crippen molar-refractivity contribution in [3.8, 4) is 5.75 Å². The third-order valence-corrected chi connectivity index (χ3v) is 9.89. The number of nitrogens with zero attached hydrogens (tertiary/aromatic N) is 3. The van der Waals surface area contributed by atoms with Crippen LogP contribution in [0.15, 0.2) is 47.4 Å². The Morgan fingerprint density at radius 3 is 2.02 bits per heavy atom. The molecule has 55 heavy (non-hydrogen) atoms. The molecular formula is C35H50FN4O13PS. The lowest BCUT2D eigenvalue weighted by Gasteiger charge is -2.28. The Bertz CT molecular complexity index is 1750. The molecule has 2 heterocycles. The number of halogens is 1. The number of esters is 1. The van der Waals surface area contributed by atoms with Gasteiger partial charge in [-0.25, -0.2) is 28.1 Å². The van der Waals surface area contributed by atoms with E-state index in [0.717, 1.165) is 28.6 Å². The molecular weight excluding hydrogens is 766 g/mol. The van der Waals surface area contributed by atoms with Gasteiger partial charge in [0, 0.05) is 6.20 Å². The highest BCUT2D eigenvalue weighted by atomic mass is 32.2. The van der Waals surface area contributed by atoms with Crippen LogP contribution in [0.5, 0.6) is 5.75 Å². The number of rotatable bonds is 12. The monoisotopic (exact) mass is 816 g/mol. The van der Waals surface area contributed by atoms with Gasteiger partial charge in [-0.3, -0.25) is 13.9 Å². The number of benzene rings is 1. The molecule has 1 N–H and O–H groups in total. The maximum absolute atomic E-state index is 16.5. The fraction of sp³-hybridized carbons (Fsp3) is 0.600. The minimum atomic E-state index is -4.44. The second-order valence-corrected chi connectivity index (χ2v) is 18.2. The molecule has 1 aromatic carbocycles. The molecule has 1 aromatic heterocycles. The molecule has 1 aliphatic heterocycles. The Morgan fingerprint density at radius 1 is 0.945 bits per heavy atom. The van der Waals surface area contributed by atoms with Crippen molar-refractivity contribution in [1.82, 2.24) is 14.6 Å². The Hall–Kier alpha value is -4.19. The van der Waals surface area contributed by atoms with Crippen LogP contribution in [-0.4, -0.2) is 87.4 Å². The minimum Gasteiger partial charge on any atom is -0.465 e. The second-order valence-electron chi connectivity index (χ2n) is 15.1. The molecule has 0 radical (unpaired) electrons. The van der Waals surface area contributed by atoms with Gasteiger partial charge >= 0.3 is 37.7 Å². The maximum Gasteiger partial charge on any atom is 0.509 e. The lowest BCUT2D eigenvalue weighted by molar-refractivity contribution is -0.144. The molecule has 306 valence electrons. The lowest BCUT2D eigenvalue weighted by atomic mass is 10.1. The Kier molecular flexibility index (Phi) is 14.9. The van der Waals surface area contributed by atoms with Crippen LogP contribution in [0.4, 0.5) is 24.6 Å². The average molecular weight is 817 g/mol. The van der Waals surface area contributed by atoms with E-state index in [1.807, 2.05) is 0 Å². The van der Waals surface area contributed by atoms with Gasteiger partial charge in [0.2, 0.25) is 0 Å². The number of thioether (sulfide) groups is 1. The van der Waals surface area contributed by atoms with Gasteiger partial charge in [-0.05, 0) is 94.4 Å². The van der Waals surface area contributed by atoms with E-state index in [4.69, 9.17) is 32.7 Å². The van der Waals surface area contributed by atoms with E-state index in [0.29, 0.717) is 4.90 Å². The fourth-order valence-corrected chi connectivity index (χ4v) is 7.69. The van der Waals surface area contributed by atoms with Crippen molar-refractivity contribution in [2.45, 2.75) is 122 Å². The first-order chi connectivity index (χ1) is 25.3. The second kappa shape index (κ2) is 18.2. The number of hydrogen-bond donors (Lipinski definition) is 1. The highest BCUT2D eigenvalue weighted by molar-refractivity contribution is 8.00. The molecule has 0 aliphatic carbocycles. The number of para-hydroxylation sites is 1. The first-order valence-electron chi connectivity index (χ1n) is 17.3. The number of aromatic nitrogens is 2. The van der Waals surface area contributed by atoms with Crippen LogP contribution in [-0.2, 0) is 37.6 Å². The molecule has 3 rings (SSSR count). The van der Waals surface area contributed by atoms with Crippen molar-refractivity contribution in [1.29, 1.82) is 0 Å². The molecule has 6 atom stereocenters. The van der Waals surface area contributed by atoms with E-state index in [1.54, 1.807) is 87.4 Å². The summed E-state index contributed by atoms with van der Waals surface area (Å²) in [6.07, 6.45) is -6.26. The van der Waals surface area contributed by atoms with Crippen molar-refractivity contribution < 1.29 is 60.9 Å². The molecule has 17 nitrogen and oxygen atoms in total. The number of nitrogens with one attached hydrogen (secondary N) is 1. The van der Waals surface area contributed by atoms with E-state index >= 15 is 4.39 Å². The number of carbonyl (C=O) groups excluding carboxylic acids is 4. The van der Waals surface area contributed by atoms with E-state index in [9.17, 15) is 28.5 Å². The van der Waals surface area contributed by atoms with Crippen LogP contribution in [0.1, 0.15) is 81.5 Å². The van der Waals surface area contributed by atoms with Gasteiger partial charge < -0.3 is 28.2 Å². The van der Waals surface area contributed by atoms with E-state index in [-0.39, 0.29) is 12.4 Å². The Labute approximate surface area is 323 Å². The summed E-state index contributed by atoms with van der Waals surface area (Å²) >= 11 is 0.774. The van der Waals surface area contributed by atoms with E-state index in [1.165, 1.54) is 19.1 Å². The molecule has 1 unspecified atom stereocenters. The minimum absolute atomic E-state index is 0.0481. The zero-order valence-corrected chi connectivity index (χ0v) is 34.4. The number of ether oxygens (including phenoxy) is 5. The SMILES string of the molecule is CCOC(=O)[C@H](C)NP(=O)(OC[C@H]1S[C@@H](n2ccc(N(C(=O)OC(C)(C)C)C(=O)OC(C)(C)C)nc2=O)[C@@H](F)[C@@H]1OC(=O)OC(C)(C)C)Oc1ccccc1. The van der Waals surface area contributed by atoms with Crippen molar-refractivity contribution in [2.24, 2.45) is 0 Å². The van der Waals surface area contributed by atoms with Gasteiger partial charge in [-0.15, -0.1) is 11.8 Å². The van der Waals surface area contributed by atoms with Crippen LogP contribution >= 0.6 is 19.5 Å². The van der Waals surface area contributed by atoms with E-state index < -0.39 is 95.9 Å². The molecule has 1 aliphatic rings. The topological polar surface area (TPSA) is 200 Å². The number of imide groups is 1. The van der Waals surface area contributed by atoms with Gasteiger partial charge in [0.05, 0.1) is 18.5 Å². The quantitative estimate of drug-likeness (QED) is 0.131. The molecule has 0 saturated carbocycles. The molecule has 20 heteroatoms. The number of hydrogen-bond acceptors (Lipinski definition) is 15. The zero-order chi connectivity index (χ0) is 41.5. The third kappa shape index (κ3) is 13.8. The Morgan fingerprint density at radius 2 is 1.51 bits per heavy atom. The highest BCUT2D eigenvalue weighted by Gasteiger charge is 2.50. The number of alkyl halides is 1. The van der Waals surface area contributed by atoms with Crippen molar-refractivity contribution in [3.05, 3.63) is 53.1 Å². The standard InChI is InChI=1S/C35H50FN4O13PS/c1-12-47-28(41)21(2)38-54(46,53-22-16-14-13-15-17-22)48-20-23-26(49-32(45)52-35(9,10)11)25(36)27(55-23)39-19-18-24(37-29(39)42)40(30(43)50-33(3,4)5)31(44)51-34(6,7)8/h13-19,21,23,25-27H,12,20H2,1-11H3,(H,38,46)/t21-,23+,25-,26+,27+,54?/m0/s1. The molecule has 0 spiro atoms. The highest BCUT2D eigenvalue weighted by Crippen LogP contribution is 2.49. The lowest BCUT2D eigenvalue weighted by Crippen LogP contribution is -2.45. The van der Waals surface area contributed by atoms with Gasteiger partial charge in [-0.1, -0.05) is 18.2 Å². The fourth-order valence-electron chi connectivity index (χ4n) is 4.62. The number of anilines is 1. The first kappa shape index (κ1) is 45.2. The molecule has 0 bridgehead atoms. The van der Waals surface area contributed by atoms with E-state index in [2.05, 4.69) is 10.1 Å². The number of amides is 2. The predicted octanol–water partition coefficient (Wildman–Crippen LogP) is 6.94. The summed E-state index contributed by atoms with van der Waals surface area (Å²) in [6.45, 7) is 16.6. The summed E-state index contributed by atoms with van der Waals surface area (Å²) < 4.78 is 69.3. The van der Waals surface area contributed by atoms with Gasteiger partial charge in [0.15, 0.2) is 18.1 Å². The third-order valence-electron chi connectivity index (χ3n) is 6.73. The largest absolute Gasteiger partial charge is 0.509 e. The summed E-state index contributed by atoms with van der Waals surface area (Å²) in [5.74, 6) is -1.10. The normalized spacial score (nSPS) is 20.4. The zero-order valence-electron chi connectivity index (χ0n) is 32.7. The van der Waals surface area contributed by atoms with Crippen molar-refractivity contribution in [2.75, 3.05) is 18.1 Å². The summed E-state index contributed by atoms with van der Waals surface area (Å²) in [5.41, 5.74) is -4.21. The van der Waals surface area contributed by atoms with Gasteiger partial charge in [-0.2, -0.15) is 15.0 Å². The Balaban J connectivity index is 2.00. The summed E-state index contributed by atoms with van der Waals surface area (Å²) in [4.78, 5) is 69.4. The molecule has 2 amide bonds. The van der Waals surface area contributed by atoms with Crippen LogP contribution < -0.4 is 20.2 Å². The first-order valence-corrected chi connectivity index (χ1v) is 19.8. The predicted molar refractivity (Wildman–Crippen MR) is 200 cm³/mol. The van der Waals surface area contributed by atoms with Crippen LogP contribution in [0.2, 0.25) is 0 Å². The summed E-state index contributed by atoms with van der Waals surface area (Å²) in [7, 11) is -4.44. The van der Waals surface area contributed by atoms with Gasteiger partial charge in [0.25, 0.3) is 0 Å². The average Bonchev–Trinajstić information content (AvgIpc) is 3.32. The van der Waals surface area contributed by atoms with Crippen LogP contribution in [0, 0.1) is 0 Å². The summed E-state index contributed by atoms with van der Waals surface area (Å²) in [6, 6.07) is 7.84. The smallest absolute Gasteiger partial charge is 0.465 e. The number of carbonyl (C=O) groups is 4. The molecule has 2 aromatic rings. The van der Waals surface area contributed by atoms with Crippen molar-refractivity contribution >= 4 is 49.6 Å². The van der Waals surface area contributed by atoms with Crippen molar-refractivity contribution in [3.63, 3.8) is 0 Å². The van der Waals surface area contributed by atoms with Crippen LogP contribution in [0.25, 0.3) is 0 Å². The molecule has 1 saturated heterocycles. The van der Waals surface area contributed by atoms with Gasteiger partial charge in [0.1, 0.15) is 34.0 Å². The maximum atomic E-state index is 16.5. The van der Waals surface area contributed by atoms with Crippen LogP contribution in [0.3, 0.4) is 0 Å². The molecule has 1 fully saturated rings. The summed E-state index contributed by atoms with van der Waals surface area (Å²) in [5, 5.41) is -0.0792.